The van der Waals surface area contributed by atoms with Gasteiger partial charge in [0.2, 0.25) is 0 Å². The minimum atomic E-state index is -1.10. The molecule has 0 aromatic heterocycles. The topological polar surface area (TPSA) is 17.1 Å². The van der Waals surface area contributed by atoms with E-state index >= 15 is 0 Å². The van der Waals surface area contributed by atoms with E-state index in [0.717, 1.165) is 5.56 Å². The van der Waals surface area contributed by atoms with Gasteiger partial charge in [-0.15, -0.1) is 11.8 Å². The summed E-state index contributed by atoms with van der Waals surface area (Å²) in [7, 11) is -1.10. The second-order valence-electron chi connectivity index (χ2n) is 2.68. The van der Waals surface area contributed by atoms with Crippen LogP contribution in [0.5, 0.6) is 0 Å². The maximum Gasteiger partial charge on any atom is 0.105 e. The molecule has 1 atom stereocenters. The van der Waals surface area contributed by atoms with Crippen molar-refractivity contribution in [2.45, 2.75) is 4.90 Å². The first-order valence-electron chi connectivity index (χ1n) is 3.98. The molecule has 0 spiro atoms. The number of hydrogen-bond acceptors (Lipinski definition) is 2. The molecule has 14 heavy (non-hydrogen) atoms. The van der Waals surface area contributed by atoms with Crippen LogP contribution >= 0.6 is 23.4 Å². The van der Waals surface area contributed by atoms with Crippen LogP contribution in [0.25, 0.3) is 6.08 Å². The molecule has 1 nitrogen and oxygen atoms in total. The van der Waals surface area contributed by atoms with Crippen LogP contribution in [0.2, 0.25) is 0 Å². The van der Waals surface area contributed by atoms with Crippen molar-refractivity contribution in [3.63, 3.8) is 0 Å². The average molecular weight is 247 g/mol. The van der Waals surface area contributed by atoms with Crippen molar-refractivity contribution in [3.05, 3.63) is 34.2 Å². The first-order chi connectivity index (χ1) is 6.63. The van der Waals surface area contributed by atoms with Gasteiger partial charge in [-0.25, -0.2) is 0 Å². The summed E-state index contributed by atoms with van der Waals surface area (Å²) < 4.78 is 11.4. The lowest BCUT2D eigenvalue weighted by molar-refractivity contribution is 0.691. The van der Waals surface area contributed by atoms with Crippen LogP contribution < -0.4 is 0 Å². The molecular weight excluding hydrogens is 236 g/mol. The Morgan fingerprint density at radius 2 is 2.00 bits per heavy atom. The fourth-order valence-corrected chi connectivity index (χ4v) is 1.75. The first kappa shape index (κ1) is 11.8. The maximum absolute atomic E-state index is 11.0. The van der Waals surface area contributed by atoms with Crippen LogP contribution in [-0.2, 0) is 10.8 Å². The second-order valence-corrected chi connectivity index (χ2v) is 5.53. The van der Waals surface area contributed by atoms with Crippen molar-refractivity contribution >= 4 is 40.2 Å². The molecule has 1 aromatic carbocycles. The molecule has 0 radical (unpaired) electrons. The van der Waals surface area contributed by atoms with Gasteiger partial charge in [0.25, 0.3) is 0 Å². The van der Waals surface area contributed by atoms with Crippen LogP contribution in [0, 0.1) is 0 Å². The summed E-state index contributed by atoms with van der Waals surface area (Å²) in [6.07, 6.45) is 5.32. The van der Waals surface area contributed by atoms with E-state index in [2.05, 4.69) is 0 Å². The van der Waals surface area contributed by atoms with Crippen LogP contribution in [0.15, 0.2) is 33.5 Å². The largest absolute Gasteiger partial charge is 0.254 e. The quantitative estimate of drug-likeness (QED) is 0.761. The second kappa shape index (κ2) is 5.59. The van der Waals surface area contributed by atoms with Gasteiger partial charge < -0.3 is 0 Å². The van der Waals surface area contributed by atoms with Gasteiger partial charge in [-0.1, -0.05) is 23.7 Å². The molecule has 76 valence electrons. The third-order valence-corrected chi connectivity index (χ3v) is 3.84. The predicted molar refractivity (Wildman–Crippen MR) is 66.1 cm³/mol. The van der Waals surface area contributed by atoms with E-state index in [9.17, 15) is 4.21 Å². The molecule has 0 saturated heterocycles. The molecule has 0 unspecified atom stereocenters. The molecule has 1 rings (SSSR count). The third kappa shape index (κ3) is 3.48. The highest BCUT2D eigenvalue weighted by Gasteiger charge is 1.97. The first-order valence-corrected chi connectivity index (χ1v) is 7.14. The lowest BCUT2D eigenvalue weighted by atomic mass is 10.2. The number of rotatable bonds is 3. The molecule has 0 fully saturated rings. The van der Waals surface area contributed by atoms with E-state index in [0.29, 0.717) is 4.36 Å². The van der Waals surface area contributed by atoms with E-state index in [1.165, 1.54) is 4.90 Å². The van der Waals surface area contributed by atoms with Crippen LogP contribution in [0.4, 0.5) is 0 Å². The van der Waals surface area contributed by atoms with E-state index in [1.807, 2.05) is 30.5 Å². The summed E-state index contributed by atoms with van der Waals surface area (Å²) in [5, 5.41) is 0. The van der Waals surface area contributed by atoms with Crippen LogP contribution in [0.3, 0.4) is 0 Å². The van der Waals surface area contributed by atoms with Gasteiger partial charge in [-0.3, -0.25) is 4.21 Å². The van der Waals surface area contributed by atoms with Gasteiger partial charge in [0, 0.05) is 11.2 Å². The van der Waals surface area contributed by atoms with Crippen molar-refractivity contribution in [2.24, 2.45) is 0 Å². The van der Waals surface area contributed by atoms with Crippen molar-refractivity contribution in [2.75, 3.05) is 12.5 Å². The molecule has 0 bridgehead atoms. The zero-order chi connectivity index (χ0) is 10.6. The lowest BCUT2D eigenvalue weighted by Gasteiger charge is -1.97. The molecule has 0 saturated carbocycles. The Morgan fingerprint density at radius 3 is 2.43 bits per heavy atom. The Hall–Kier alpha value is -0.250. The molecule has 0 N–H and O–H groups in total. The number of thioether (sulfide) groups is 1. The normalized spacial score (nSPS) is 14.1. The summed E-state index contributed by atoms with van der Waals surface area (Å²) in [5.41, 5.74) is 0.975. The van der Waals surface area contributed by atoms with E-state index in [1.54, 1.807) is 24.1 Å². The fourth-order valence-electron chi connectivity index (χ4n) is 0.914. The van der Waals surface area contributed by atoms with Crippen molar-refractivity contribution in [1.82, 2.24) is 0 Å². The monoisotopic (exact) mass is 246 g/mol. The van der Waals surface area contributed by atoms with E-state index in [-0.39, 0.29) is 0 Å². The van der Waals surface area contributed by atoms with Gasteiger partial charge in [0.05, 0.1) is 10.8 Å². The molecule has 0 aliphatic carbocycles. The van der Waals surface area contributed by atoms with Crippen LogP contribution in [-0.4, -0.2) is 16.7 Å². The molecule has 4 heteroatoms. The Kier molecular flexibility index (Phi) is 4.72. The fraction of sp³-hybridized carbons (Fsp3) is 0.200. The van der Waals surface area contributed by atoms with E-state index in [4.69, 9.17) is 11.6 Å². The summed E-state index contributed by atoms with van der Waals surface area (Å²) in [6, 6.07) is 7.95. The van der Waals surface area contributed by atoms with Gasteiger partial charge in [0.1, 0.15) is 4.36 Å². The van der Waals surface area contributed by atoms with Crippen molar-refractivity contribution in [1.29, 1.82) is 0 Å². The molecular formula is C10H11ClOS2. The molecule has 0 heterocycles. The van der Waals surface area contributed by atoms with Gasteiger partial charge >= 0.3 is 0 Å². The highest BCUT2D eigenvalue weighted by molar-refractivity contribution is 7.98. The van der Waals surface area contributed by atoms with Crippen LogP contribution in [0.1, 0.15) is 5.56 Å². The van der Waals surface area contributed by atoms with E-state index < -0.39 is 10.8 Å². The zero-order valence-corrected chi connectivity index (χ0v) is 10.4. The Morgan fingerprint density at radius 1 is 1.43 bits per heavy atom. The standard InChI is InChI=1S/C10H11ClOS2/c1-13-9-5-3-8(4-6-9)7-10(11)14(2)12/h3-7H,1-2H3/b10-7-/t14-/m0/s1. The minimum Gasteiger partial charge on any atom is -0.254 e. The Balaban J connectivity index is 2.88. The molecule has 0 aliphatic heterocycles. The Bertz CT molecular complexity index is 357. The third-order valence-electron chi connectivity index (χ3n) is 1.67. The number of halogens is 1. The van der Waals surface area contributed by atoms with Gasteiger partial charge in [0.15, 0.2) is 0 Å². The van der Waals surface area contributed by atoms with Crippen molar-refractivity contribution in [3.8, 4) is 0 Å². The molecule has 1 aromatic rings. The SMILES string of the molecule is CSc1ccc(/C=C(/Cl)[S@](C)=O)cc1. The maximum atomic E-state index is 11.0. The Labute approximate surface area is 96.0 Å². The summed E-state index contributed by atoms with van der Waals surface area (Å²) in [5.74, 6) is 0. The molecule has 0 amide bonds. The minimum absolute atomic E-state index is 0.377. The smallest absolute Gasteiger partial charge is 0.105 e. The lowest BCUT2D eigenvalue weighted by Crippen LogP contribution is -1.83. The van der Waals surface area contributed by atoms with Gasteiger partial charge in [-0.2, -0.15) is 0 Å². The molecule has 0 aliphatic rings. The summed E-state index contributed by atoms with van der Waals surface area (Å²) in [4.78, 5) is 1.20. The highest BCUT2D eigenvalue weighted by atomic mass is 35.5. The predicted octanol–water partition coefficient (Wildman–Crippen LogP) is 3.32. The summed E-state index contributed by atoms with van der Waals surface area (Å²) in [6.45, 7) is 0. The number of hydrogen-bond donors (Lipinski definition) is 0. The summed E-state index contributed by atoms with van der Waals surface area (Å²) >= 11 is 7.47. The highest BCUT2D eigenvalue weighted by Crippen LogP contribution is 2.18. The zero-order valence-electron chi connectivity index (χ0n) is 7.99. The van der Waals surface area contributed by atoms with Crippen molar-refractivity contribution < 1.29 is 4.21 Å². The van der Waals surface area contributed by atoms with Gasteiger partial charge in [-0.05, 0) is 30.0 Å². The number of benzene rings is 1. The average Bonchev–Trinajstić information content (AvgIpc) is 2.19.